The molecule has 0 radical (unpaired) electrons. The molecule has 1 aromatic carbocycles. The minimum atomic E-state index is 0.232. The van der Waals surface area contributed by atoms with Gasteiger partial charge in [0.25, 0.3) is 0 Å². The fourth-order valence-electron chi connectivity index (χ4n) is 1.66. The van der Waals surface area contributed by atoms with Crippen molar-refractivity contribution in [2.75, 3.05) is 6.54 Å². The molecule has 0 atom stereocenters. The van der Waals surface area contributed by atoms with E-state index in [0.717, 1.165) is 0 Å². The topological polar surface area (TPSA) is 32.3 Å². The molecule has 2 rings (SSSR count). The normalized spacial score (nSPS) is 19.1. The van der Waals surface area contributed by atoms with Crippen LogP contribution in [0.4, 0.5) is 0 Å². The van der Waals surface area contributed by atoms with Gasteiger partial charge in [0.05, 0.1) is 0 Å². The van der Waals surface area contributed by atoms with Crippen LogP contribution >= 0.6 is 0 Å². The van der Waals surface area contributed by atoms with E-state index in [1.54, 1.807) is 0 Å². The van der Waals surface area contributed by atoms with Crippen LogP contribution in [-0.2, 0) is 5.41 Å². The minimum Gasteiger partial charge on any atom is -0.317 e. The van der Waals surface area contributed by atoms with Crippen molar-refractivity contribution >= 4 is 0 Å². The first kappa shape index (κ1) is 7.77. The van der Waals surface area contributed by atoms with E-state index < -0.39 is 0 Å². The highest BCUT2D eigenvalue weighted by atomic mass is 16.5. The Bertz CT molecular complexity index is 254. The van der Waals surface area contributed by atoms with Crippen molar-refractivity contribution in [3.8, 4) is 0 Å². The Balaban J connectivity index is 2.19. The van der Waals surface area contributed by atoms with Crippen LogP contribution in [0.5, 0.6) is 0 Å². The van der Waals surface area contributed by atoms with Crippen LogP contribution in [0, 0.1) is 0 Å². The highest BCUT2D eigenvalue weighted by Crippen LogP contribution is 2.47. The van der Waals surface area contributed by atoms with Crippen LogP contribution in [0.25, 0.3) is 0 Å². The molecule has 64 valence electrons. The quantitative estimate of drug-likeness (QED) is 0.665. The van der Waals surface area contributed by atoms with Crippen molar-refractivity contribution in [1.82, 2.24) is 5.48 Å². The summed E-state index contributed by atoms with van der Waals surface area (Å²) in [4.78, 5) is 0. The molecular formula is C10H13NO. The van der Waals surface area contributed by atoms with Gasteiger partial charge in [-0.1, -0.05) is 30.3 Å². The summed E-state index contributed by atoms with van der Waals surface area (Å²) in [7, 11) is 0. The van der Waals surface area contributed by atoms with Crippen molar-refractivity contribution in [3.63, 3.8) is 0 Å². The first-order chi connectivity index (χ1) is 5.87. The van der Waals surface area contributed by atoms with E-state index in [0.29, 0.717) is 6.54 Å². The minimum absolute atomic E-state index is 0.232. The van der Waals surface area contributed by atoms with Gasteiger partial charge in [0.15, 0.2) is 0 Å². The lowest BCUT2D eigenvalue weighted by molar-refractivity contribution is 0.156. The maximum absolute atomic E-state index is 8.65. The molecule has 0 aromatic heterocycles. The zero-order valence-electron chi connectivity index (χ0n) is 6.96. The van der Waals surface area contributed by atoms with Crippen molar-refractivity contribution in [2.24, 2.45) is 0 Å². The molecule has 0 heterocycles. The standard InChI is InChI=1S/C10H13NO/c12-11-8-10(6-7-10)9-4-2-1-3-5-9/h1-5,11-12H,6-8H2. The molecule has 1 aromatic rings. The molecule has 0 unspecified atom stereocenters. The molecule has 0 aliphatic heterocycles. The molecule has 12 heavy (non-hydrogen) atoms. The summed E-state index contributed by atoms with van der Waals surface area (Å²) >= 11 is 0. The summed E-state index contributed by atoms with van der Waals surface area (Å²) in [6, 6.07) is 10.4. The van der Waals surface area contributed by atoms with Crippen molar-refractivity contribution < 1.29 is 5.21 Å². The van der Waals surface area contributed by atoms with Gasteiger partial charge in [0.1, 0.15) is 0 Å². The highest BCUT2D eigenvalue weighted by Gasteiger charge is 2.43. The number of hydrogen-bond donors (Lipinski definition) is 2. The van der Waals surface area contributed by atoms with Crippen molar-refractivity contribution in [1.29, 1.82) is 0 Å². The average molecular weight is 163 g/mol. The highest BCUT2D eigenvalue weighted by molar-refractivity contribution is 5.31. The second-order valence-electron chi connectivity index (χ2n) is 3.48. The predicted octanol–water partition coefficient (Wildman–Crippen LogP) is 1.70. The van der Waals surface area contributed by atoms with E-state index in [4.69, 9.17) is 5.21 Å². The third-order valence-electron chi connectivity index (χ3n) is 2.66. The lowest BCUT2D eigenvalue weighted by atomic mass is 9.96. The molecule has 0 bridgehead atoms. The summed E-state index contributed by atoms with van der Waals surface area (Å²) in [6.45, 7) is 0.678. The van der Waals surface area contributed by atoms with Gasteiger partial charge in [0, 0.05) is 12.0 Å². The Morgan fingerprint density at radius 3 is 2.42 bits per heavy atom. The van der Waals surface area contributed by atoms with E-state index in [1.807, 2.05) is 18.2 Å². The third-order valence-corrected chi connectivity index (χ3v) is 2.66. The average Bonchev–Trinajstić information content (AvgIpc) is 2.88. The smallest absolute Gasteiger partial charge is 0.0304 e. The van der Waals surface area contributed by atoms with Gasteiger partial charge < -0.3 is 5.21 Å². The van der Waals surface area contributed by atoms with E-state index >= 15 is 0 Å². The number of hydrogen-bond acceptors (Lipinski definition) is 2. The first-order valence-corrected chi connectivity index (χ1v) is 4.30. The number of hydroxylamine groups is 1. The van der Waals surface area contributed by atoms with Gasteiger partial charge in [-0.15, -0.1) is 0 Å². The molecule has 0 saturated heterocycles. The van der Waals surface area contributed by atoms with Crippen molar-refractivity contribution in [3.05, 3.63) is 35.9 Å². The number of benzene rings is 1. The second kappa shape index (κ2) is 2.88. The zero-order chi connectivity index (χ0) is 8.44. The Morgan fingerprint density at radius 2 is 1.92 bits per heavy atom. The van der Waals surface area contributed by atoms with Gasteiger partial charge in [-0.2, -0.15) is 0 Å². The zero-order valence-corrected chi connectivity index (χ0v) is 6.96. The monoisotopic (exact) mass is 163 g/mol. The van der Waals surface area contributed by atoms with Gasteiger partial charge in [-0.05, 0) is 18.4 Å². The third kappa shape index (κ3) is 1.24. The van der Waals surface area contributed by atoms with E-state index in [-0.39, 0.29) is 5.41 Å². The van der Waals surface area contributed by atoms with Crippen LogP contribution in [0.3, 0.4) is 0 Å². The Kier molecular flexibility index (Phi) is 1.87. The van der Waals surface area contributed by atoms with Crippen LogP contribution in [0.15, 0.2) is 30.3 Å². The first-order valence-electron chi connectivity index (χ1n) is 4.30. The van der Waals surface area contributed by atoms with Crippen LogP contribution < -0.4 is 5.48 Å². The Labute approximate surface area is 72.2 Å². The number of rotatable bonds is 3. The summed E-state index contributed by atoms with van der Waals surface area (Å²) in [5.74, 6) is 0. The molecule has 2 nitrogen and oxygen atoms in total. The summed E-state index contributed by atoms with van der Waals surface area (Å²) < 4.78 is 0. The SMILES string of the molecule is ONCC1(c2ccccc2)CC1. The summed E-state index contributed by atoms with van der Waals surface area (Å²) in [5, 5.41) is 8.65. The molecule has 0 spiro atoms. The van der Waals surface area contributed by atoms with E-state index in [9.17, 15) is 0 Å². The van der Waals surface area contributed by atoms with Crippen LogP contribution in [0.2, 0.25) is 0 Å². The maximum atomic E-state index is 8.65. The fourth-order valence-corrected chi connectivity index (χ4v) is 1.66. The Morgan fingerprint density at radius 1 is 1.25 bits per heavy atom. The molecule has 2 heteroatoms. The lowest BCUT2D eigenvalue weighted by Gasteiger charge is -2.13. The lowest BCUT2D eigenvalue weighted by Crippen LogP contribution is -2.23. The van der Waals surface area contributed by atoms with Gasteiger partial charge >= 0.3 is 0 Å². The van der Waals surface area contributed by atoms with Crippen LogP contribution in [-0.4, -0.2) is 11.8 Å². The number of nitrogens with one attached hydrogen (secondary N) is 1. The molecule has 1 aliphatic rings. The molecule has 0 amide bonds. The largest absolute Gasteiger partial charge is 0.317 e. The molecule has 1 aliphatic carbocycles. The van der Waals surface area contributed by atoms with Crippen LogP contribution in [0.1, 0.15) is 18.4 Å². The van der Waals surface area contributed by atoms with Gasteiger partial charge in [-0.25, -0.2) is 5.48 Å². The molecule has 1 fully saturated rings. The predicted molar refractivity (Wildman–Crippen MR) is 47.1 cm³/mol. The molecule has 1 saturated carbocycles. The molecule has 2 N–H and O–H groups in total. The molecular weight excluding hydrogens is 150 g/mol. The second-order valence-corrected chi connectivity index (χ2v) is 3.48. The summed E-state index contributed by atoms with van der Waals surface area (Å²) in [5.41, 5.74) is 3.84. The Hall–Kier alpha value is -0.860. The van der Waals surface area contributed by atoms with Gasteiger partial charge in [0.2, 0.25) is 0 Å². The van der Waals surface area contributed by atoms with E-state index in [1.165, 1.54) is 18.4 Å². The maximum Gasteiger partial charge on any atom is 0.0304 e. The fraction of sp³-hybridized carbons (Fsp3) is 0.400. The van der Waals surface area contributed by atoms with Gasteiger partial charge in [-0.3, -0.25) is 0 Å². The van der Waals surface area contributed by atoms with Crippen molar-refractivity contribution in [2.45, 2.75) is 18.3 Å². The summed E-state index contributed by atoms with van der Waals surface area (Å²) in [6.07, 6.45) is 2.37. The van der Waals surface area contributed by atoms with E-state index in [2.05, 4.69) is 17.6 Å².